The van der Waals surface area contributed by atoms with E-state index in [4.69, 9.17) is 11.6 Å². The number of carbonyl (C=O) groups is 3. The van der Waals surface area contributed by atoms with Crippen LogP contribution in [0.15, 0.2) is 71.4 Å². The molecule has 6 nitrogen and oxygen atoms in total. The largest absolute Gasteiger partial charge is 0.350 e. The maximum Gasteiger partial charge on any atom is 0.283 e. The van der Waals surface area contributed by atoms with Crippen molar-refractivity contribution in [2.75, 3.05) is 15.5 Å². The summed E-state index contributed by atoms with van der Waals surface area (Å²) in [4.78, 5) is 39.6. The third-order valence-electron chi connectivity index (χ3n) is 5.69. The molecule has 3 aromatic carbocycles. The normalized spacial score (nSPS) is 13.5. The van der Waals surface area contributed by atoms with Gasteiger partial charge in [0.05, 0.1) is 5.69 Å². The minimum absolute atomic E-state index is 0.000148. The highest BCUT2D eigenvalue weighted by molar-refractivity contribution is 6.53. The molecule has 0 saturated heterocycles. The van der Waals surface area contributed by atoms with E-state index in [9.17, 15) is 14.4 Å². The summed E-state index contributed by atoms with van der Waals surface area (Å²) >= 11 is 6.25. The molecular formula is C27H24ClN3O3. The molecular weight excluding hydrogens is 450 g/mol. The molecule has 0 aliphatic carbocycles. The van der Waals surface area contributed by atoms with Gasteiger partial charge >= 0.3 is 0 Å². The van der Waals surface area contributed by atoms with Crippen molar-refractivity contribution in [1.82, 2.24) is 0 Å². The predicted octanol–water partition coefficient (Wildman–Crippen LogP) is 5.61. The van der Waals surface area contributed by atoms with Gasteiger partial charge in [0.25, 0.3) is 17.7 Å². The number of nitrogens with zero attached hydrogens (tertiary/aromatic N) is 1. The van der Waals surface area contributed by atoms with E-state index >= 15 is 0 Å². The molecule has 0 aromatic heterocycles. The second-order valence-corrected chi connectivity index (χ2v) is 8.78. The summed E-state index contributed by atoms with van der Waals surface area (Å²) in [5.41, 5.74) is 5.98. The summed E-state index contributed by atoms with van der Waals surface area (Å²) < 4.78 is 0. The number of hydrogen-bond acceptors (Lipinski definition) is 4. The van der Waals surface area contributed by atoms with Crippen LogP contribution in [0.5, 0.6) is 0 Å². The minimum atomic E-state index is -0.576. The number of nitrogens with one attached hydrogen (secondary N) is 2. The van der Waals surface area contributed by atoms with Crippen molar-refractivity contribution >= 4 is 46.4 Å². The number of aryl methyl sites for hydroxylation is 4. The lowest BCUT2D eigenvalue weighted by Crippen LogP contribution is -2.32. The van der Waals surface area contributed by atoms with Crippen molar-refractivity contribution in [2.45, 2.75) is 27.7 Å². The lowest BCUT2D eigenvalue weighted by molar-refractivity contribution is -0.120. The number of carbonyl (C=O) groups excluding carboxylic acids is 3. The minimum Gasteiger partial charge on any atom is -0.350 e. The Labute approximate surface area is 203 Å². The van der Waals surface area contributed by atoms with Crippen LogP contribution in [0.1, 0.15) is 32.6 Å². The molecule has 1 aliphatic heterocycles. The van der Waals surface area contributed by atoms with Gasteiger partial charge in [0, 0.05) is 16.9 Å². The Kier molecular flexibility index (Phi) is 6.26. The average molecular weight is 474 g/mol. The second kappa shape index (κ2) is 9.15. The van der Waals surface area contributed by atoms with Crippen LogP contribution in [0.3, 0.4) is 0 Å². The van der Waals surface area contributed by atoms with Gasteiger partial charge in [-0.2, -0.15) is 0 Å². The Morgan fingerprint density at radius 2 is 1.41 bits per heavy atom. The first-order chi connectivity index (χ1) is 16.2. The number of amides is 3. The molecule has 0 bridgehead atoms. The zero-order valence-electron chi connectivity index (χ0n) is 19.3. The molecule has 3 amide bonds. The van der Waals surface area contributed by atoms with Gasteiger partial charge in [0.2, 0.25) is 0 Å². The number of anilines is 3. The zero-order chi connectivity index (χ0) is 24.6. The fraction of sp³-hybridized carbons (Fsp3) is 0.148. The van der Waals surface area contributed by atoms with Crippen molar-refractivity contribution < 1.29 is 14.4 Å². The van der Waals surface area contributed by atoms with Crippen LogP contribution < -0.4 is 15.5 Å². The lowest BCUT2D eigenvalue weighted by Gasteiger charge is -2.18. The quantitative estimate of drug-likeness (QED) is 0.472. The van der Waals surface area contributed by atoms with Crippen LogP contribution in [0.2, 0.25) is 0 Å². The summed E-state index contributed by atoms with van der Waals surface area (Å²) in [5, 5.41) is 5.68. The van der Waals surface area contributed by atoms with Gasteiger partial charge in [-0.1, -0.05) is 35.9 Å². The average Bonchev–Trinajstić information content (AvgIpc) is 3.01. The number of imide groups is 1. The van der Waals surface area contributed by atoms with E-state index in [1.807, 2.05) is 58.0 Å². The number of rotatable bonds is 5. The fourth-order valence-electron chi connectivity index (χ4n) is 3.70. The molecule has 4 rings (SSSR count). The lowest BCUT2D eigenvalue weighted by atomic mass is 10.1. The van der Waals surface area contributed by atoms with E-state index in [1.165, 1.54) is 0 Å². The smallest absolute Gasteiger partial charge is 0.283 e. The molecule has 172 valence electrons. The van der Waals surface area contributed by atoms with E-state index in [-0.39, 0.29) is 16.6 Å². The molecule has 1 heterocycles. The Morgan fingerprint density at radius 1 is 0.794 bits per heavy atom. The molecule has 0 spiro atoms. The van der Waals surface area contributed by atoms with E-state index in [2.05, 4.69) is 10.6 Å². The highest BCUT2D eigenvalue weighted by Gasteiger charge is 2.39. The Bertz CT molecular complexity index is 1360. The molecule has 34 heavy (non-hydrogen) atoms. The standard InChI is InChI=1S/C27H24ClN3O3/c1-15-5-7-17(3)21(13-15)30-25(32)19-9-11-20(12-10-19)29-24-23(28)26(33)31(27(24)34)22-14-16(2)6-8-18(22)4/h5-14,29H,1-4H3,(H,30,32). The highest BCUT2D eigenvalue weighted by atomic mass is 35.5. The van der Waals surface area contributed by atoms with Crippen LogP contribution in [0.4, 0.5) is 17.1 Å². The maximum atomic E-state index is 13.1. The third-order valence-corrected chi connectivity index (χ3v) is 6.04. The predicted molar refractivity (Wildman–Crippen MR) is 135 cm³/mol. The molecule has 7 heteroatoms. The SMILES string of the molecule is Cc1ccc(C)c(NC(=O)c2ccc(NC3=C(Cl)C(=O)N(c4cc(C)ccc4C)C3=O)cc2)c1. The van der Waals surface area contributed by atoms with Crippen LogP contribution in [-0.4, -0.2) is 17.7 Å². The van der Waals surface area contributed by atoms with E-state index < -0.39 is 11.8 Å². The summed E-state index contributed by atoms with van der Waals surface area (Å²) in [6.07, 6.45) is 0. The van der Waals surface area contributed by atoms with Gasteiger partial charge in [-0.15, -0.1) is 0 Å². The molecule has 2 N–H and O–H groups in total. The topological polar surface area (TPSA) is 78.5 Å². The molecule has 0 saturated carbocycles. The van der Waals surface area contributed by atoms with Gasteiger partial charge in [-0.05, 0) is 86.3 Å². The first-order valence-electron chi connectivity index (χ1n) is 10.8. The summed E-state index contributed by atoms with van der Waals surface area (Å²) in [6.45, 7) is 7.61. The van der Waals surface area contributed by atoms with Crippen molar-refractivity contribution in [3.8, 4) is 0 Å². The van der Waals surface area contributed by atoms with E-state index in [0.29, 0.717) is 16.9 Å². The van der Waals surface area contributed by atoms with Gasteiger partial charge in [0.1, 0.15) is 10.7 Å². The Morgan fingerprint density at radius 3 is 2.09 bits per heavy atom. The number of benzene rings is 3. The van der Waals surface area contributed by atoms with Gasteiger partial charge in [0.15, 0.2) is 0 Å². The zero-order valence-corrected chi connectivity index (χ0v) is 20.1. The van der Waals surface area contributed by atoms with Crippen molar-refractivity contribution in [3.63, 3.8) is 0 Å². The Balaban J connectivity index is 1.51. The molecule has 1 aliphatic rings. The summed E-state index contributed by atoms with van der Waals surface area (Å²) in [6, 6.07) is 18.0. The fourth-order valence-corrected chi connectivity index (χ4v) is 3.92. The van der Waals surface area contributed by atoms with Crippen LogP contribution >= 0.6 is 11.6 Å². The summed E-state index contributed by atoms with van der Waals surface area (Å²) in [7, 11) is 0. The number of halogens is 1. The summed E-state index contributed by atoms with van der Waals surface area (Å²) in [5.74, 6) is -1.35. The molecule has 0 unspecified atom stereocenters. The maximum absolute atomic E-state index is 13.1. The van der Waals surface area contributed by atoms with Gasteiger partial charge in [-0.25, -0.2) is 4.90 Å². The van der Waals surface area contributed by atoms with Gasteiger partial charge in [-0.3, -0.25) is 14.4 Å². The number of hydrogen-bond donors (Lipinski definition) is 2. The molecule has 3 aromatic rings. The first-order valence-corrected chi connectivity index (χ1v) is 11.1. The van der Waals surface area contributed by atoms with Crippen molar-refractivity contribution in [2.24, 2.45) is 0 Å². The van der Waals surface area contributed by atoms with Crippen LogP contribution in [-0.2, 0) is 9.59 Å². The van der Waals surface area contributed by atoms with Crippen molar-refractivity contribution in [3.05, 3.63) is 99.2 Å². The highest BCUT2D eigenvalue weighted by Crippen LogP contribution is 2.32. The third kappa shape index (κ3) is 4.45. The van der Waals surface area contributed by atoms with Gasteiger partial charge < -0.3 is 10.6 Å². The molecule has 0 radical (unpaired) electrons. The van der Waals surface area contributed by atoms with E-state index in [0.717, 1.165) is 32.8 Å². The molecule has 0 fully saturated rings. The Hall–Kier alpha value is -3.90. The monoisotopic (exact) mass is 473 g/mol. The van der Waals surface area contributed by atoms with Crippen molar-refractivity contribution in [1.29, 1.82) is 0 Å². The second-order valence-electron chi connectivity index (χ2n) is 8.40. The van der Waals surface area contributed by atoms with E-state index in [1.54, 1.807) is 30.3 Å². The first kappa shape index (κ1) is 23.3. The van der Waals surface area contributed by atoms with Crippen LogP contribution in [0, 0.1) is 27.7 Å². The van der Waals surface area contributed by atoms with Crippen LogP contribution in [0.25, 0.3) is 0 Å². The molecule has 0 atom stereocenters.